The molecule has 0 radical (unpaired) electrons. The summed E-state index contributed by atoms with van der Waals surface area (Å²) in [7, 11) is 0. The van der Waals surface area contributed by atoms with E-state index in [2.05, 4.69) is 70.2 Å². The number of nitrogens with zero attached hydrogens (tertiary/aromatic N) is 1. The second-order valence-corrected chi connectivity index (χ2v) is 6.06. The molecule has 0 saturated carbocycles. The van der Waals surface area contributed by atoms with Gasteiger partial charge in [-0.1, -0.05) is 47.5 Å². The molecule has 0 atom stereocenters. The van der Waals surface area contributed by atoms with Crippen LogP contribution in [0.1, 0.15) is 33.4 Å². The Morgan fingerprint density at radius 1 is 0.857 bits per heavy atom. The van der Waals surface area contributed by atoms with E-state index in [1.54, 1.807) is 0 Å². The second kappa shape index (κ2) is 5.33. The molecule has 0 saturated heterocycles. The highest BCUT2D eigenvalue weighted by molar-refractivity contribution is 6.05. The minimum absolute atomic E-state index is 0.949. The zero-order chi connectivity index (χ0) is 15.0. The summed E-state index contributed by atoms with van der Waals surface area (Å²) in [6.45, 7) is 8.59. The lowest BCUT2D eigenvalue weighted by Crippen LogP contribution is -1.94. The Morgan fingerprint density at radius 3 is 2.19 bits per heavy atom. The maximum Gasteiger partial charge on any atom is 0.0700 e. The van der Waals surface area contributed by atoms with Crippen molar-refractivity contribution in [3.05, 3.63) is 69.8 Å². The van der Waals surface area contributed by atoms with Crippen LogP contribution in [0.2, 0.25) is 0 Å². The van der Waals surface area contributed by atoms with Crippen molar-refractivity contribution < 1.29 is 0 Å². The van der Waals surface area contributed by atoms with E-state index in [0.717, 1.165) is 12.1 Å². The molecule has 3 rings (SSSR count). The van der Waals surface area contributed by atoms with Gasteiger partial charge < -0.3 is 0 Å². The Hall–Kier alpha value is -2.15. The average molecular weight is 275 g/mol. The standard InChI is InChI=1S/C20H21N/c1-13-9-14(2)11-17(10-13)7-8-18-12-19-15(3)5-6-16(4)20(19)21-18/h5-11H,12H2,1-4H3. The van der Waals surface area contributed by atoms with E-state index in [-0.39, 0.29) is 0 Å². The zero-order valence-corrected chi connectivity index (χ0v) is 13.2. The van der Waals surface area contributed by atoms with E-state index in [4.69, 9.17) is 4.99 Å². The molecule has 0 N–H and O–H groups in total. The molecule has 0 aromatic heterocycles. The topological polar surface area (TPSA) is 12.4 Å². The summed E-state index contributed by atoms with van der Waals surface area (Å²) in [5.41, 5.74) is 10.2. The Morgan fingerprint density at radius 2 is 1.52 bits per heavy atom. The van der Waals surface area contributed by atoms with E-state index < -0.39 is 0 Å². The van der Waals surface area contributed by atoms with Gasteiger partial charge in [-0.2, -0.15) is 0 Å². The van der Waals surface area contributed by atoms with Crippen LogP contribution in [0.4, 0.5) is 5.69 Å². The number of hydrogen-bond acceptors (Lipinski definition) is 1. The van der Waals surface area contributed by atoms with Gasteiger partial charge in [0.2, 0.25) is 0 Å². The van der Waals surface area contributed by atoms with Crippen LogP contribution in [-0.4, -0.2) is 5.71 Å². The van der Waals surface area contributed by atoms with Crippen molar-refractivity contribution in [1.29, 1.82) is 0 Å². The molecule has 0 bridgehead atoms. The van der Waals surface area contributed by atoms with Crippen LogP contribution in [0, 0.1) is 27.7 Å². The van der Waals surface area contributed by atoms with Crippen molar-refractivity contribution in [1.82, 2.24) is 0 Å². The normalized spacial score (nSPS) is 13.6. The van der Waals surface area contributed by atoms with E-state index in [1.807, 2.05) is 0 Å². The first kappa shape index (κ1) is 13.8. The third-order valence-corrected chi connectivity index (χ3v) is 4.04. The van der Waals surface area contributed by atoms with Gasteiger partial charge in [-0.15, -0.1) is 0 Å². The van der Waals surface area contributed by atoms with Gasteiger partial charge in [-0.05, 0) is 56.0 Å². The quantitative estimate of drug-likeness (QED) is 0.708. The molecule has 1 heteroatoms. The number of benzene rings is 2. The molecule has 0 unspecified atom stereocenters. The van der Waals surface area contributed by atoms with Crippen LogP contribution < -0.4 is 0 Å². The van der Waals surface area contributed by atoms with Crippen molar-refractivity contribution >= 4 is 17.5 Å². The smallest absolute Gasteiger partial charge is 0.0700 e. The monoisotopic (exact) mass is 275 g/mol. The van der Waals surface area contributed by atoms with Crippen LogP contribution in [0.3, 0.4) is 0 Å². The average Bonchev–Trinajstić information content (AvgIpc) is 2.85. The number of fused-ring (bicyclic) bond motifs is 1. The first-order valence-corrected chi connectivity index (χ1v) is 7.46. The van der Waals surface area contributed by atoms with Crippen LogP contribution in [-0.2, 0) is 6.42 Å². The Labute approximate surface area is 127 Å². The molecule has 21 heavy (non-hydrogen) atoms. The van der Waals surface area contributed by atoms with Crippen molar-refractivity contribution in [2.75, 3.05) is 0 Å². The first-order valence-electron chi connectivity index (χ1n) is 7.46. The minimum atomic E-state index is 0.949. The molecule has 0 spiro atoms. The van der Waals surface area contributed by atoms with Gasteiger partial charge >= 0.3 is 0 Å². The summed E-state index contributed by atoms with van der Waals surface area (Å²) in [4.78, 5) is 4.80. The maximum atomic E-state index is 4.80. The third kappa shape index (κ3) is 2.82. The largest absolute Gasteiger partial charge is 0.253 e. The van der Waals surface area contributed by atoms with E-state index in [9.17, 15) is 0 Å². The van der Waals surface area contributed by atoms with Gasteiger partial charge in [0.25, 0.3) is 0 Å². The van der Waals surface area contributed by atoms with E-state index in [1.165, 1.54) is 39.1 Å². The highest BCUT2D eigenvalue weighted by atomic mass is 14.8. The summed E-state index contributed by atoms with van der Waals surface area (Å²) in [6.07, 6.45) is 5.28. The van der Waals surface area contributed by atoms with Gasteiger partial charge in [-0.25, -0.2) is 0 Å². The van der Waals surface area contributed by atoms with Gasteiger partial charge in [-0.3, -0.25) is 4.99 Å². The van der Waals surface area contributed by atoms with Crippen molar-refractivity contribution in [3.8, 4) is 0 Å². The molecule has 1 heterocycles. The molecule has 2 aromatic rings. The van der Waals surface area contributed by atoms with Crippen molar-refractivity contribution in [2.24, 2.45) is 4.99 Å². The molecule has 0 aliphatic carbocycles. The molecule has 0 amide bonds. The third-order valence-electron chi connectivity index (χ3n) is 4.04. The molecular formula is C20H21N. The molecule has 1 aliphatic heterocycles. The molecule has 1 nitrogen and oxygen atoms in total. The molecule has 0 fully saturated rings. The molecular weight excluding hydrogens is 254 g/mol. The maximum absolute atomic E-state index is 4.80. The molecule has 1 aliphatic rings. The van der Waals surface area contributed by atoms with Gasteiger partial charge in [0.1, 0.15) is 0 Å². The number of aliphatic imine (C=N–C) groups is 1. The van der Waals surface area contributed by atoms with Crippen LogP contribution in [0.5, 0.6) is 0 Å². The number of hydrogen-bond donors (Lipinski definition) is 0. The number of aryl methyl sites for hydroxylation is 4. The molecule has 106 valence electrons. The Bertz CT molecular complexity index is 743. The summed E-state index contributed by atoms with van der Waals surface area (Å²) >= 11 is 0. The van der Waals surface area contributed by atoms with Crippen LogP contribution in [0.25, 0.3) is 6.08 Å². The Kier molecular flexibility index (Phi) is 3.50. The zero-order valence-electron chi connectivity index (χ0n) is 13.2. The highest BCUT2D eigenvalue weighted by Crippen LogP contribution is 2.33. The Balaban J connectivity index is 1.88. The van der Waals surface area contributed by atoms with E-state index in [0.29, 0.717) is 0 Å². The van der Waals surface area contributed by atoms with E-state index >= 15 is 0 Å². The van der Waals surface area contributed by atoms with Crippen molar-refractivity contribution in [2.45, 2.75) is 34.1 Å². The van der Waals surface area contributed by atoms with Gasteiger partial charge in [0, 0.05) is 12.1 Å². The summed E-state index contributed by atoms with van der Waals surface area (Å²) in [5.74, 6) is 0. The summed E-state index contributed by atoms with van der Waals surface area (Å²) < 4.78 is 0. The predicted molar refractivity (Wildman–Crippen MR) is 91.7 cm³/mol. The first-order chi connectivity index (χ1) is 10.0. The predicted octanol–water partition coefficient (Wildman–Crippen LogP) is 5.26. The van der Waals surface area contributed by atoms with Crippen LogP contribution >= 0.6 is 0 Å². The lowest BCUT2D eigenvalue weighted by Gasteiger charge is -2.04. The summed E-state index contributed by atoms with van der Waals surface area (Å²) in [5, 5.41) is 0. The lowest BCUT2D eigenvalue weighted by atomic mass is 10.0. The second-order valence-electron chi connectivity index (χ2n) is 6.06. The number of allylic oxidation sites excluding steroid dienone is 1. The minimum Gasteiger partial charge on any atom is -0.253 e. The summed E-state index contributed by atoms with van der Waals surface area (Å²) in [6, 6.07) is 11.0. The van der Waals surface area contributed by atoms with Crippen LogP contribution in [0.15, 0.2) is 41.4 Å². The van der Waals surface area contributed by atoms with Gasteiger partial charge in [0.15, 0.2) is 0 Å². The fraction of sp³-hybridized carbons (Fsp3) is 0.250. The van der Waals surface area contributed by atoms with Gasteiger partial charge in [0.05, 0.1) is 5.69 Å². The SMILES string of the molecule is Cc1cc(C)cc(C=CC2=Nc3c(C)ccc(C)c3C2)c1. The fourth-order valence-electron chi connectivity index (χ4n) is 2.99. The highest BCUT2D eigenvalue weighted by Gasteiger charge is 2.16. The van der Waals surface area contributed by atoms with Crippen molar-refractivity contribution in [3.63, 3.8) is 0 Å². The molecule has 2 aromatic carbocycles. The number of rotatable bonds is 2. The fourth-order valence-corrected chi connectivity index (χ4v) is 2.99. The lowest BCUT2D eigenvalue weighted by molar-refractivity contribution is 1.27.